The summed E-state index contributed by atoms with van der Waals surface area (Å²) in [7, 11) is -3.73. The van der Waals surface area contributed by atoms with E-state index in [2.05, 4.69) is 0 Å². The van der Waals surface area contributed by atoms with Gasteiger partial charge in [0, 0.05) is 25.3 Å². The second-order valence-corrected chi connectivity index (χ2v) is 6.58. The summed E-state index contributed by atoms with van der Waals surface area (Å²) < 4.78 is 45.0. The van der Waals surface area contributed by atoms with E-state index in [1.807, 2.05) is 6.92 Å². The molecule has 0 radical (unpaired) electrons. The van der Waals surface area contributed by atoms with Crippen LogP contribution in [0, 0.1) is 5.82 Å². The first kappa shape index (κ1) is 18.0. The van der Waals surface area contributed by atoms with Gasteiger partial charge in [0.25, 0.3) is 0 Å². The number of sulfonamides is 1. The number of benzene rings is 1. The van der Waals surface area contributed by atoms with Gasteiger partial charge in [-0.05, 0) is 25.1 Å². The molecule has 0 aliphatic heterocycles. The fourth-order valence-electron chi connectivity index (χ4n) is 1.76. The van der Waals surface area contributed by atoms with Crippen LogP contribution in [0.25, 0.3) is 0 Å². The van der Waals surface area contributed by atoms with Crippen LogP contribution >= 0.6 is 12.2 Å². The molecule has 21 heavy (non-hydrogen) atoms. The van der Waals surface area contributed by atoms with Gasteiger partial charge in [-0.1, -0.05) is 19.1 Å². The van der Waals surface area contributed by atoms with Gasteiger partial charge < -0.3 is 10.5 Å². The molecule has 0 aliphatic carbocycles. The summed E-state index contributed by atoms with van der Waals surface area (Å²) in [6, 6.07) is 3.42. The Bertz CT molecular complexity index is 605. The fraction of sp³-hybridized carbons (Fsp3) is 0.462. The molecule has 5 nitrogen and oxygen atoms in total. The minimum absolute atomic E-state index is 0.0370. The van der Waals surface area contributed by atoms with E-state index in [4.69, 9.17) is 22.7 Å². The normalized spacial score (nSPS) is 11.8. The smallest absolute Gasteiger partial charge is 0.243 e. The van der Waals surface area contributed by atoms with Crippen molar-refractivity contribution in [2.75, 3.05) is 26.3 Å². The van der Waals surface area contributed by atoms with Crippen LogP contribution in [0.1, 0.15) is 19.4 Å². The zero-order chi connectivity index (χ0) is 16.0. The van der Waals surface area contributed by atoms with E-state index in [1.54, 1.807) is 6.92 Å². The maximum Gasteiger partial charge on any atom is 0.243 e. The maximum atomic E-state index is 13.5. The van der Waals surface area contributed by atoms with Crippen LogP contribution < -0.4 is 5.73 Å². The van der Waals surface area contributed by atoms with Crippen LogP contribution in [0.5, 0.6) is 0 Å². The predicted octanol–water partition coefficient (Wildman–Crippen LogP) is 1.51. The van der Waals surface area contributed by atoms with Crippen molar-refractivity contribution in [1.82, 2.24) is 4.31 Å². The predicted molar refractivity (Wildman–Crippen MR) is 83.2 cm³/mol. The fourth-order valence-corrected chi connectivity index (χ4v) is 3.38. The molecule has 0 saturated heterocycles. The Labute approximate surface area is 129 Å². The van der Waals surface area contributed by atoms with E-state index in [0.29, 0.717) is 13.2 Å². The average molecular weight is 334 g/mol. The Balaban J connectivity index is 3.11. The first-order chi connectivity index (χ1) is 9.84. The third-order valence-electron chi connectivity index (χ3n) is 2.88. The SMILES string of the molecule is CCOCCN(CC)S(=O)(=O)c1ccc(F)c(C(N)=S)c1. The average Bonchev–Trinajstić information content (AvgIpc) is 2.43. The second kappa shape index (κ2) is 7.79. The molecule has 1 aromatic carbocycles. The molecule has 0 atom stereocenters. The van der Waals surface area contributed by atoms with Crippen molar-refractivity contribution in [2.24, 2.45) is 5.73 Å². The molecule has 0 saturated carbocycles. The summed E-state index contributed by atoms with van der Waals surface area (Å²) >= 11 is 4.72. The molecule has 118 valence electrons. The molecular formula is C13H19FN2O3S2. The van der Waals surface area contributed by atoms with Crippen LogP contribution in [0.15, 0.2) is 23.1 Å². The van der Waals surface area contributed by atoms with Crippen molar-refractivity contribution < 1.29 is 17.5 Å². The molecule has 8 heteroatoms. The molecule has 0 amide bonds. The Hall–Kier alpha value is -1.09. The number of hydrogen-bond donors (Lipinski definition) is 1. The van der Waals surface area contributed by atoms with Gasteiger partial charge in [0.15, 0.2) is 0 Å². The molecular weight excluding hydrogens is 315 g/mol. The maximum absolute atomic E-state index is 13.5. The molecule has 2 N–H and O–H groups in total. The molecule has 0 unspecified atom stereocenters. The van der Waals surface area contributed by atoms with Crippen molar-refractivity contribution in [3.63, 3.8) is 0 Å². The first-order valence-electron chi connectivity index (χ1n) is 6.51. The summed E-state index contributed by atoms with van der Waals surface area (Å²) in [4.78, 5) is -0.216. The molecule has 0 heterocycles. The Morgan fingerprint density at radius 1 is 1.43 bits per heavy atom. The molecule has 0 spiro atoms. The van der Waals surface area contributed by atoms with E-state index in [0.717, 1.165) is 12.1 Å². The van der Waals surface area contributed by atoms with Gasteiger partial charge in [0.2, 0.25) is 10.0 Å². The van der Waals surface area contributed by atoms with Gasteiger partial charge in [0.1, 0.15) is 10.8 Å². The van der Waals surface area contributed by atoms with Crippen LogP contribution in [0.3, 0.4) is 0 Å². The highest BCUT2D eigenvalue weighted by atomic mass is 32.2. The lowest BCUT2D eigenvalue weighted by molar-refractivity contribution is 0.135. The molecule has 0 fully saturated rings. The Morgan fingerprint density at radius 2 is 2.10 bits per heavy atom. The number of hydrogen-bond acceptors (Lipinski definition) is 4. The molecule has 0 bridgehead atoms. The highest BCUT2D eigenvalue weighted by Gasteiger charge is 2.24. The third kappa shape index (κ3) is 4.44. The van der Waals surface area contributed by atoms with Crippen molar-refractivity contribution in [3.8, 4) is 0 Å². The Morgan fingerprint density at radius 3 is 2.62 bits per heavy atom. The summed E-state index contributed by atoms with van der Waals surface area (Å²) in [5, 5.41) is 0. The molecule has 1 rings (SSSR count). The zero-order valence-corrected chi connectivity index (χ0v) is 13.6. The summed E-state index contributed by atoms with van der Waals surface area (Å²) in [6.07, 6.45) is 0. The summed E-state index contributed by atoms with van der Waals surface area (Å²) in [5.74, 6) is -0.640. The number of ether oxygens (including phenoxy) is 1. The third-order valence-corrected chi connectivity index (χ3v) is 5.07. The topological polar surface area (TPSA) is 72.6 Å². The number of halogens is 1. The van der Waals surface area contributed by atoms with Crippen molar-refractivity contribution >= 4 is 27.2 Å². The highest BCUT2D eigenvalue weighted by Crippen LogP contribution is 2.19. The second-order valence-electron chi connectivity index (χ2n) is 4.20. The zero-order valence-electron chi connectivity index (χ0n) is 12.0. The monoisotopic (exact) mass is 334 g/mol. The highest BCUT2D eigenvalue weighted by molar-refractivity contribution is 7.89. The number of rotatable bonds is 8. The van der Waals surface area contributed by atoms with Crippen LogP contribution in [-0.4, -0.2) is 44.0 Å². The van der Waals surface area contributed by atoms with Gasteiger partial charge in [-0.15, -0.1) is 0 Å². The Kier molecular flexibility index (Phi) is 6.66. The van der Waals surface area contributed by atoms with Gasteiger partial charge in [-0.3, -0.25) is 0 Å². The summed E-state index contributed by atoms with van der Waals surface area (Å²) in [6.45, 7) is 4.88. The number of likely N-dealkylation sites (N-methyl/N-ethyl adjacent to an activating group) is 1. The van der Waals surface area contributed by atoms with Gasteiger partial charge in [0.05, 0.1) is 11.5 Å². The quantitative estimate of drug-likeness (QED) is 0.576. The minimum atomic E-state index is -3.73. The van der Waals surface area contributed by atoms with Crippen LogP contribution in [0.2, 0.25) is 0 Å². The lowest BCUT2D eigenvalue weighted by Crippen LogP contribution is -2.34. The number of thiocarbonyl (C=S) groups is 1. The van der Waals surface area contributed by atoms with E-state index in [9.17, 15) is 12.8 Å². The lowest BCUT2D eigenvalue weighted by atomic mass is 10.2. The molecule has 1 aromatic rings. The van der Waals surface area contributed by atoms with E-state index in [-0.39, 0.29) is 28.5 Å². The number of nitrogens with two attached hydrogens (primary N) is 1. The van der Waals surface area contributed by atoms with Gasteiger partial charge in [-0.2, -0.15) is 4.31 Å². The standard InChI is InChI=1S/C13H19FN2O3S2/c1-3-16(7-8-19-4-2)21(17,18)10-5-6-12(14)11(9-10)13(15)20/h5-6,9H,3-4,7-8H2,1-2H3,(H2,15,20). The van der Waals surface area contributed by atoms with Crippen molar-refractivity contribution in [3.05, 3.63) is 29.6 Å². The van der Waals surface area contributed by atoms with E-state index in [1.165, 1.54) is 10.4 Å². The van der Waals surface area contributed by atoms with E-state index >= 15 is 0 Å². The van der Waals surface area contributed by atoms with Crippen molar-refractivity contribution in [1.29, 1.82) is 0 Å². The largest absolute Gasteiger partial charge is 0.389 e. The van der Waals surface area contributed by atoms with E-state index < -0.39 is 15.8 Å². The summed E-state index contributed by atoms with van der Waals surface area (Å²) in [5.41, 5.74) is 5.32. The lowest BCUT2D eigenvalue weighted by Gasteiger charge is -2.20. The van der Waals surface area contributed by atoms with Gasteiger partial charge >= 0.3 is 0 Å². The van der Waals surface area contributed by atoms with Crippen LogP contribution in [0.4, 0.5) is 4.39 Å². The number of nitrogens with zero attached hydrogens (tertiary/aromatic N) is 1. The van der Waals surface area contributed by atoms with Crippen LogP contribution in [-0.2, 0) is 14.8 Å². The van der Waals surface area contributed by atoms with Gasteiger partial charge in [-0.25, -0.2) is 12.8 Å². The first-order valence-corrected chi connectivity index (χ1v) is 8.36. The van der Waals surface area contributed by atoms with Crippen molar-refractivity contribution in [2.45, 2.75) is 18.7 Å². The molecule has 0 aromatic heterocycles. The molecule has 0 aliphatic rings. The minimum Gasteiger partial charge on any atom is -0.389 e.